The van der Waals surface area contributed by atoms with Gasteiger partial charge < -0.3 is 0 Å². The average molecular weight is 322 g/mol. The minimum atomic E-state index is -0.207. The van der Waals surface area contributed by atoms with Crippen molar-refractivity contribution < 1.29 is 0 Å². The summed E-state index contributed by atoms with van der Waals surface area (Å²) in [6, 6.07) is 0.0603. The largest absolute Gasteiger partial charge is 0.344 e. The highest BCUT2D eigenvalue weighted by atomic mass is 79.9. The van der Waals surface area contributed by atoms with Crippen LogP contribution in [0.1, 0.15) is 19.9 Å². The molecule has 0 bridgehead atoms. The van der Waals surface area contributed by atoms with E-state index in [1.165, 1.54) is 23.1 Å². The predicted octanol–water partition coefficient (Wildman–Crippen LogP) is 1.92. The minimum Gasteiger partial charge on any atom is -0.267 e. The van der Waals surface area contributed by atoms with Gasteiger partial charge in [-0.1, -0.05) is 11.3 Å². The smallest absolute Gasteiger partial charge is 0.267 e. The Morgan fingerprint density at radius 2 is 2.25 bits per heavy atom. The summed E-state index contributed by atoms with van der Waals surface area (Å²) in [5.74, 6) is 0. The highest BCUT2D eigenvalue weighted by Gasteiger charge is 2.14. The molecule has 0 aliphatic heterocycles. The normalized spacial score (nSPS) is 11.2. The molecular weight excluding hydrogens is 314 g/mol. The standard InChI is InChI=1S/C7H8BrN5OS2/c1-3(2)13-5(14)10-11-6(13)16-7-12-9-4(8)15-7/h3H,1-2H3,(H,10,14). The van der Waals surface area contributed by atoms with Crippen molar-refractivity contribution in [2.24, 2.45) is 0 Å². The van der Waals surface area contributed by atoms with Crippen LogP contribution in [0.25, 0.3) is 0 Å². The van der Waals surface area contributed by atoms with Crippen molar-refractivity contribution in [1.29, 1.82) is 0 Å². The number of rotatable bonds is 3. The fraction of sp³-hybridized carbons (Fsp3) is 0.429. The maximum absolute atomic E-state index is 11.5. The van der Waals surface area contributed by atoms with E-state index in [0.29, 0.717) is 9.07 Å². The van der Waals surface area contributed by atoms with Crippen LogP contribution in [0.2, 0.25) is 0 Å². The second kappa shape index (κ2) is 4.68. The van der Waals surface area contributed by atoms with Crippen molar-refractivity contribution in [2.45, 2.75) is 29.4 Å². The molecule has 1 N–H and O–H groups in total. The molecule has 0 fully saturated rings. The number of hydrogen-bond donors (Lipinski definition) is 1. The van der Waals surface area contributed by atoms with Crippen molar-refractivity contribution >= 4 is 39.0 Å². The lowest BCUT2D eigenvalue weighted by Crippen LogP contribution is -2.19. The summed E-state index contributed by atoms with van der Waals surface area (Å²) in [6.45, 7) is 3.86. The van der Waals surface area contributed by atoms with E-state index >= 15 is 0 Å². The maximum atomic E-state index is 11.5. The maximum Gasteiger partial charge on any atom is 0.344 e. The molecule has 0 aromatic carbocycles. The lowest BCUT2D eigenvalue weighted by molar-refractivity contribution is 0.534. The van der Waals surface area contributed by atoms with Crippen LogP contribution < -0.4 is 5.69 Å². The Bertz CT molecular complexity index is 545. The Morgan fingerprint density at radius 3 is 2.81 bits per heavy atom. The van der Waals surface area contributed by atoms with Gasteiger partial charge in [0, 0.05) is 6.04 Å². The molecule has 2 aromatic rings. The van der Waals surface area contributed by atoms with E-state index in [0.717, 1.165) is 4.34 Å². The van der Waals surface area contributed by atoms with Crippen molar-refractivity contribution in [1.82, 2.24) is 25.0 Å². The fourth-order valence-corrected chi connectivity index (χ4v) is 3.65. The molecule has 0 aliphatic carbocycles. The Labute approximate surface area is 108 Å². The van der Waals surface area contributed by atoms with Gasteiger partial charge in [-0.2, -0.15) is 0 Å². The van der Waals surface area contributed by atoms with Crippen LogP contribution in [-0.2, 0) is 0 Å². The van der Waals surface area contributed by atoms with Crippen LogP contribution in [0, 0.1) is 0 Å². The van der Waals surface area contributed by atoms with Gasteiger partial charge in [0.15, 0.2) is 13.4 Å². The van der Waals surface area contributed by atoms with Crippen LogP contribution in [-0.4, -0.2) is 25.0 Å². The number of hydrogen-bond acceptors (Lipinski definition) is 6. The Balaban J connectivity index is 2.31. The van der Waals surface area contributed by atoms with Crippen LogP contribution in [0.4, 0.5) is 0 Å². The zero-order valence-corrected chi connectivity index (χ0v) is 11.7. The molecule has 86 valence electrons. The molecule has 16 heavy (non-hydrogen) atoms. The second-order valence-electron chi connectivity index (χ2n) is 3.20. The molecule has 0 unspecified atom stereocenters. The van der Waals surface area contributed by atoms with Gasteiger partial charge in [-0.25, -0.2) is 9.89 Å². The first-order valence-corrected chi connectivity index (χ1v) is 6.84. The van der Waals surface area contributed by atoms with E-state index in [1.807, 2.05) is 13.8 Å². The molecular formula is C7H8BrN5OS2. The third-order valence-corrected chi connectivity index (χ3v) is 4.13. The van der Waals surface area contributed by atoms with Gasteiger partial charge in [0.2, 0.25) is 0 Å². The summed E-state index contributed by atoms with van der Waals surface area (Å²) in [4.78, 5) is 11.5. The monoisotopic (exact) mass is 321 g/mol. The molecule has 0 saturated heterocycles. The highest BCUT2D eigenvalue weighted by molar-refractivity contribution is 9.11. The summed E-state index contributed by atoms with van der Waals surface area (Å²) in [5.41, 5.74) is -0.207. The van der Waals surface area contributed by atoms with Crippen molar-refractivity contribution in [3.63, 3.8) is 0 Å². The topological polar surface area (TPSA) is 76.5 Å². The van der Waals surface area contributed by atoms with E-state index in [9.17, 15) is 4.79 Å². The second-order valence-corrected chi connectivity index (χ2v) is 6.67. The number of nitrogens with zero attached hydrogens (tertiary/aromatic N) is 4. The SMILES string of the molecule is CC(C)n1c(Sc2nnc(Br)s2)n[nH]c1=O. The summed E-state index contributed by atoms with van der Waals surface area (Å²) >= 11 is 5.95. The van der Waals surface area contributed by atoms with Gasteiger partial charge in [0.05, 0.1) is 0 Å². The van der Waals surface area contributed by atoms with Gasteiger partial charge in [-0.15, -0.1) is 15.3 Å². The van der Waals surface area contributed by atoms with Crippen LogP contribution in [0.5, 0.6) is 0 Å². The summed E-state index contributed by atoms with van der Waals surface area (Å²) < 4.78 is 3.04. The van der Waals surface area contributed by atoms with Gasteiger partial charge in [0.25, 0.3) is 0 Å². The number of aromatic nitrogens is 5. The van der Waals surface area contributed by atoms with Gasteiger partial charge in [0.1, 0.15) is 0 Å². The lowest BCUT2D eigenvalue weighted by Gasteiger charge is -2.06. The summed E-state index contributed by atoms with van der Waals surface area (Å²) in [5, 5.41) is 14.8. The van der Waals surface area contributed by atoms with Gasteiger partial charge >= 0.3 is 5.69 Å². The first kappa shape index (κ1) is 11.8. The molecule has 0 radical (unpaired) electrons. The van der Waals surface area contributed by atoms with Crippen LogP contribution >= 0.6 is 39.0 Å². The first-order valence-electron chi connectivity index (χ1n) is 4.41. The average Bonchev–Trinajstić information content (AvgIpc) is 2.74. The predicted molar refractivity (Wildman–Crippen MR) is 65.0 cm³/mol. The highest BCUT2D eigenvalue weighted by Crippen LogP contribution is 2.30. The summed E-state index contributed by atoms with van der Waals surface area (Å²) in [7, 11) is 0. The molecule has 0 amide bonds. The quantitative estimate of drug-likeness (QED) is 0.934. The molecule has 2 aromatic heterocycles. The third kappa shape index (κ3) is 2.36. The molecule has 9 heteroatoms. The Morgan fingerprint density at radius 1 is 1.50 bits per heavy atom. The Kier molecular flexibility index (Phi) is 3.45. The molecule has 0 spiro atoms. The molecule has 0 aliphatic rings. The molecule has 0 atom stereocenters. The number of aromatic amines is 1. The Hall–Kier alpha value is -0.670. The van der Waals surface area contributed by atoms with E-state index in [1.54, 1.807) is 4.57 Å². The fourth-order valence-electron chi connectivity index (χ4n) is 1.13. The van der Waals surface area contributed by atoms with Crippen molar-refractivity contribution in [3.05, 3.63) is 14.4 Å². The van der Waals surface area contributed by atoms with E-state index < -0.39 is 0 Å². The van der Waals surface area contributed by atoms with E-state index in [2.05, 4.69) is 36.3 Å². The van der Waals surface area contributed by atoms with Crippen molar-refractivity contribution in [3.8, 4) is 0 Å². The number of nitrogens with one attached hydrogen (secondary N) is 1. The number of halogens is 1. The van der Waals surface area contributed by atoms with Gasteiger partial charge in [-0.3, -0.25) is 4.57 Å². The zero-order chi connectivity index (χ0) is 11.7. The third-order valence-electron chi connectivity index (χ3n) is 1.75. The molecule has 6 nitrogen and oxygen atoms in total. The first-order chi connectivity index (χ1) is 7.58. The van der Waals surface area contributed by atoms with Crippen LogP contribution in [0.15, 0.2) is 18.2 Å². The zero-order valence-electron chi connectivity index (χ0n) is 8.47. The molecule has 0 saturated carbocycles. The van der Waals surface area contributed by atoms with Crippen LogP contribution in [0.3, 0.4) is 0 Å². The van der Waals surface area contributed by atoms with E-state index in [4.69, 9.17) is 0 Å². The lowest BCUT2D eigenvalue weighted by atomic mass is 10.4. The minimum absolute atomic E-state index is 0.0603. The molecule has 2 rings (SSSR count). The van der Waals surface area contributed by atoms with Crippen molar-refractivity contribution in [2.75, 3.05) is 0 Å². The number of H-pyrrole nitrogens is 1. The van der Waals surface area contributed by atoms with Gasteiger partial charge in [-0.05, 0) is 41.5 Å². The summed E-state index contributed by atoms with van der Waals surface area (Å²) in [6.07, 6.45) is 0. The molecule has 2 heterocycles. The van der Waals surface area contributed by atoms with E-state index in [-0.39, 0.29) is 11.7 Å².